The van der Waals surface area contributed by atoms with Gasteiger partial charge in [-0.15, -0.1) is 0 Å². The highest BCUT2D eigenvalue weighted by atomic mass is 16.5. The minimum Gasteiger partial charge on any atom is -0.493 e. The van der Waals surface area contributed by atoms with Crippen LogP contribution in [0.2, 0.25) is 0 Å². The van der Waals surface area contributed by atoms with Gasteiger partial charge in [0.2, 0.25) is 0 Å². The molecule has 3 heterocycles. The van der Waals surface area contributed by atoms with Gasteiger partial charge in [0.15, 0.2) is 11.5 Å². The average Bonchev–Trinajstić information content (AvgIpc) is 3.13. The summed E-state index contributed by atoms with van der Waals surface area (Å²) in [7, 11) is 1.68. The van der Waals surface area contributed by atoms with Gasteiger partial charge in [0.25, 0.3) is 0 Å². The van der Waals surface area contributed by atoms with Gasteiger partial charge in [0.1, 0.15) is 5.65 Å². The number of likely N-dealkylation sites (tertiary alicyclic amines) is 1. The van der Waals surface area contributed by atoms with Crippen molar-refractivity contribution in [3.8, 4) is 11.5 Å². The van der Waals surface area contributed by atoms with E-state index in [1.54, 1.807) is 7.11 Å². The number of methoxy groups -OCH3 is 1. The molecule has 0 bridgehead atoms. The minimum absolute atomic E-state index is 0.526. The molecule has 0 amide bonds. The number of nitrogens with zero attached hydrogens (tertiary/aromatic N) is 2. The van der Waals surface area contributed by atoms with Gasteiger partial charge in [0.05, 0.1) is 13.7 Å². The Hall–Kier alpha value is -2.53. The molecule has 1 fully saturated rings. The van der Waals surface area contributed by atoms with E-state index in [9.17, 15) is 0 Å². The van der Waals surface area contributed by atoms with Crippen LogP contribution in [0.15, 0.2) is 42.6 Å². The summed E-state index contributed by atoms with van der Waals surface area (Å²) in [5, 5.41) is 1.20. The first-order valence-corrected chi connectivity index (χ1v) is 9.72. The molecule has 1 N–H and O–H groups in total. The molecular weight excluding hydrogens is 338 g/mol. The molecule has 0 saturated carbocycles. The van der Waals surface area contributed by atoms with Gasteiger partial charge in [0, 0.05) is 36.3 Å². The first-order chi connectivity index (χ1) is 13.3. The minimum atomic E-state index is 0.526. The number of ether oxygens (including phenoxy) is 2. The fourth-order valence-electron chi connectivity index (χ4n) is 4.00. The molecule has 27 heavy (non-hydrogen) atoms. The summed E-state index contributed by atoms with van der Waals surface area (Å²) in [6.07, 6.45) is 4.27. The number of H-pyrrole nitrogens is 1. The van der Waals surface area contributed by atoms with E-state index in [0.29, 0.717) is 12.5 Å². The normalized spacial score (nSPS) is 17.9. The Kier molecular flexibility index (Phi) is 5.30. The Balaban J connectivity index is 1.47. The Morgan fingerprint density at radius 2 is 2.15 bits per heavy atom. The predicted octanol–water partition coefficient (Wildman–Crippen LogP) is 4.35. The van der Waals surface area contributed by atoms with Crippen LogP contribution in [0, 0.1) is 0 Å². The molecule has 4 rings (SSSR count). The highest BCUT2D eigenvalue weighted by molar-refractivity contribution is 5.76. The Labute approximate surface area is 160 Å². The Bertz CT molecular complexity index is 872. The van der Waals surface area contributed by atoms with Crippen LogP contribution in [-0.4, -0.2) is 41.7 Å². The van der Waals surface area contributed by atoms with E-state index in [2.05, 4.69) is 39.1 Å². The van der Waals surface area contributed by atoms with Crippen LogP contribution in [0.3, 0.4) is 0 Å². The summed E-state index contributed by atoms with van der Waals surface area (Å²) < 4.78 is 11.1. The lowest BCUT2D eigenvalue weighted by molar-refractivity contribution is 0.198. The SMILES string of the molecule is CCOc1cc(CN2CCC[C@@H](c3cc4cccnc4[nH]3)C2)ccc1OC. The zero-order chi connectivity index (χ0) is 18.6. The van der Waals surface area contributed by atoms with Gasteiger partial charge in [-0.05, 0) is 62.2 Å². The van der Waals surface area contributed by atoms with Crippen LogP contribution >= 0.6 is 0 Å². The van der Waals surface area contributed by atoms with E-state index < -0.39 is 0 Å². The van der Waals surface area contributed by atoms with E-state index in [0.717, 1.165) is 36.8 Å². The van der Waals surface area contributed by atoms with Gasteiger partial charge < -0.3 is 14.5 Å². The van der Waals surface area contributed by atoms with E-state index >= 15 is 0 Å². The molecule has 1 atom stereocenters. The van der Waals surface area contributed by atoms with Crippen molar-refractivity contribution in [2.45, 2.75) is 32.2 Å². The summed E-state index contributed by atoms with van der Waals surface area (Å²) in [6, 6.07) is 12.6. The fraction of sp³-hybridized carbons (Fsp3) is 0.409. The summed E-state index contributed by atoms with van der Waals surface area (Å²) in [4.78, 5) is 10.5. The molecule has 0 unspecified atom stereocenters. The van der Waals surface area contributed by atoms with Gasteiger partial charge in [-0.3, -0.25) is 4.90 Å². The van der Waals surface area contributed by atoms with Crippen molar-refractivity contribution in [2.24, 2.45) is 0 Å². The summed E-state index contributed by atoms with van der Waals surface area (Å²) in [5.74, 6) is 2.15. The van der Waals surface area contributed by atoms with Crippen LogP contribution in [0.25, 0.3) is 11.0 Å². The molecule has 142 valence electrons. The maximum absolute atomic E-state index is 5.73. The number of fused-ring (bicyclic) bond motifs is 1. The Morgan fingerprint density at radius 3 is 2.96 bits per heavy atom. The highest BCUT2D eigenvalue weighted by Gasteiger charge is 2.23. The van der Waals surface area contributed by atoms with E-state index in [-0.39, 0.29) is 0 Å². The first kappa shape index (κ1) is 17.9. The predicted molar refractivity (Wildman–Crippen MR) is 108 cm³/mol. The number of hydrogen-bond donors (Lipinski definition) is 1. The number of hydrogen-bond acceptors (Lipinski definition) is 4. The third-order valence-corrected chi connectivity index (χ3v) is 5.29. The standard InChI is InChI=1S/C22H27N3O2/c1-3-27-21-12-16(8-9-20(21)26-2)14-25-11-5-7-18(15-25)19-13-17-6-4-10-23-22(17)24-19/h4,6,8-10,12-13,18H,3,5,7,11,14-15H2,1-2H3,(H,23,24)/t18-/m1/s1. The van der Waals surface area contributed by atoms with Crippen molar-refractivity contribution >= 4 is 11.0 Å². The average molecular weight is 365 g/mol. The third-order valence-electron chi connectivity index (χ3n) is 5.29. The smallest absolute Gasteiger partial charge is 0.161 e. The maximum atomic E-state index is 5.73. The number of pyridine rings is 1. The molecule has 5 heteroatoms. The molecular formula is C22H27N3O2. The molecule has 1 aliphatic rings. The van der Waals surface area contributed by atoms with Crippen molar-refractivity contribution in [1.82, 2.24) is 14.9 Å². The molecule has 3 aromatic rings. The molecule has 5 nitrogen and oxygen atoms in total. The third kappa shape index (κ3) is 3.93. The number of piperidine rings is 1. The zero-order valence-electron chi connectivity index (χ0n) is 16.1. The van der Waals surface area contributed by atoms with Crippen LogP contribution < -0.4 is 9.47 Å². The molecule has 1 aliphatic heterocycles. The number of aromatic nitrogens is 2. The maximum Gasteiger partial charge on any atom is 0.161 e. The van der Waals surface area contributed by atoms with Gasteiger partial charge in [-0.1, -0.05) is 6.07 Å². The number of nitrogens with one attached hydrogen (secondary N) is 1. The van der Waals surface area contributed by atoms with E-state index in [1.165, 1.54) is 29.5 Å². The lowest BCUT2D eigenvalue weighted by Gasteiger charge is -2.32. The molecule has 1 saturated heterocycles. The summed E-state index contributed by atoms with van der Waals surface area (Å²) in [5.41, 5.74) is 3.55. The molecule has 1 aromatic carbocycles. The van der Waals surface area contributed by atoms with Crippen LogP contribution in [0.4, 0.5) is 0 Å². The summed E-state index contributed by atoms with van der Waals surface area (Å²) >= 11 is 0. The molecule has 0 aliphatic carbocycles. The molecule has 0 radical (unpaired) electrons. The van der Waals surface area contributed by atoms with E-state index in [4.69, 9.17) is 9.47 Å². The lowest BCUT2D eigenvalue weighted by atomic mass is 9.94. The lowest BCUT2D eigenvalue weighted by Crippen LogP contribution is -2.34. The number of rotatable bonds is 6. The van der Waals surface area contributed by atoms with Gasteiger partial charge >= 0.3 is 0 Å². The van der Waals surface area contributed by atoms with E-state index in [1.807, 2.05) is 25.3 Å². The monoisotopic (exact) mass is 365 g/mol. The van der Waals surface area contributed by atoms with Crippen LogP contribution in [0.1, 0.15) is 36.9 Å². The highest BCUT2D eigenvalue weighted by Crippen LogP contribution is 2.31. The van der Waals surface area contributed by atoms with Crippen molar-refractivity contribution in [3.05, 3.63) is 53.9 Å². The van der Waals surface area contributed by atoms with Crippen molar-refractivity contribution in [1.29, 1.82) is 0 Å². The second kappa shape index (κ2) is 8.01. The quantitative estimate of drug-likeness (QED) is 0.706. The zero-order valence-corrected chi connectivity index (χ0v) is 16.1. The Morgan fingerprint density at radius 1 is 1.22 bits per heavy atom. The second-order valence-corrected chi connectivity index (χ2v) is 7.16. The molecule has 0 spiro atoms. The van der Waals surface area contributed by atoms with Crippen molar-refractivity contribution < 1.29 is 9.47 Å². The van der Waals surface area contributed by atoms with Crippen LogP contribution in [-0.2, 0) is 6.54 Å². The largest absolute Gasteiger partial charge is 0.493 e. The molecule has 2 aromatic heterocycles. The second-order valence-electron chi connectivity index (χ2n) is 7.16. The van der Waals surface area contributed by atoms with Gasteiger partial charge in [-0.25, -0.2) is 4.98 Å². The number of benzene rings is 1. The fourth-order valence-corrected chi connectivity index (χ4v) is 4.00. The van der Waals surface area contributed by atoms with Gasteiger partial charge in [-0.2, -0.15) is 0 Å². The number of aromatic amines is 1. The summed E-state index contributed by atoms with van der Waals surface area (Å²) in [6.45, 7) is 5.75. The van der Waals surface area contributed by atoms with Crippen LogP contribution in [0.5, 0.6) is 11.5 Å². The topological polar surface area (TPSA) is 50.4 Å². The first-order valence-electron chi connectivity index (χ1n) is 9.72. The van der Waals surface area contributed by atoms with Crippen molar-refractivity contribution in [3.63, 3.8) is 0 Å². The van der Waals surface area contributed by atoms with Crippen molar-refractivity contribution in [2.75, 3.05) is 26.8 Å².